The van der Waals surface area contributed by atoms with Gasteiger partial charge in [-0.3, -0.25) is 0 Å². The molecular weight excluding hydrogens is 276 g/mol. The third-order valence-electron chi connectivity index (χ3n) is 3.13. The third-order valence-corrected chi connectivity index (χ3v) is 4.24. The van der Waals surface area contributed by atoms with E-state index in [9.17, 15) is 0 Å². The van der Waals surface area contributed by atoms with E-state index < -0.39 is 0 Å². The largest absolute Gasteiger partial charge is 0.305 e. The predicted molar refractivity (Wildman–Crippen MR) is 82.8 cm³/mol. The molecule has 0 atom stereocenters. The third kappa shape index (κ3) is 4.94. The number of aryl methyl sites for hydroxylation is 1. The van der Waals surface area contributed by atoms with Crippen LogP contribution in [0.4, 0.5) is 0 Å². The molecule has 0 saturated carbocycles. The SMILES string of the molecule is CC(C)(CCc1ccccc1)NCc1ncc(Cl)s1. The average Bonchev–Trinajstić information content (AvgIpc) is 2.82. The highest BCUT2D eigenvalue weighted by atomic mass is 35.5. The fourth-order valence-corrected chi connectivity index (χ4v) is 2.77. The van der Waals surface area contributed by atoms with Crippen molar-refractivity contribution in [2.45, 2.75) is 38.8 Å². The summed E-state index contributed by atoms with van der Waals surface area (Å²) in [6, 6.07) is 10.6. The summed E-state index contributed by atoms with van der Waals surface area (Å²) in [5.74, 6) is 0. The first kappa shape index (κ1) is 14.5. The number of benzene rings is 1. The minimum Gasteiger partial charge on any atom is -0.305 e. The van der Waals surface area contributed by atoms with Crippen molar-refractivity contribution in [1.82, 2.24) is 10.3 Å². The molecule has 2 rings (SSSR count). The molecule has 4 heteroatoms. The lowest BCUT2D eigenvalue weighted by Gasteiger charge is -2.26. The zero-order chi connectivity index (χ0) is 13.7. The van der Waals surface area contributed by atoms with Gasteiger partial charge in [0.2, 0.25) is 0 Å². The van der Waals surface area contributed by atoms with Crippen molar-refractivity contribution in [3.63, 3.8) is 0 Å². The van der Waals surface area contributed by atoms with Crippen LogP contribution in [0.25, 0.3) is 0 Å². The van der Waals surface area contributed by atoms with Crippen molar-refractivity contribution in [2.24, 2.45) is 0 Å². The van der Waals surface area contributed by atoms with Crippen molar-refractivity contribution in [2.75, 3.05) is 0 Å². The lowest BCUT2D eigenvalue weighted by molar-refractivity contribution is 0.360. The van der Waals surface area contributed by atoms with Gasteiger partial charge in [-0.1, -0.05) is 41.9 Å². The van der Waals surface area contributed by atoms with E-state index in [4.69, 9.17) is 11.6 Å². The summed E-state index contributed by atoms with van der Waals surface area (Å²) in [6.07, 6.45) is 3.88. The maximum atomic E-state index is 5.88. The molecule has 19 heavy (non-hydrogen) atoms. The molecule has 2 aromatic rings. The van der Waals surface area contributed by atoms with Crippen molar-refractivity contribution < 1.29 is 0 Å². The Morgan fingerprint density at radius 2 is 2.00 bits per heavy atom. The van der Waals surface area contributed by atoms with Crippen LogP contribution in [-0.4, -0.2) is 10.5 Å². The van der Waals surface area contributed by atoms with Gasteiger partial charge in [-0.15, -0.1) is 11.3 Å². The van der Waals surface area contributed by atoms with Gasteiger partial charge in [0.25, 0.3) is 0 Å². The van der Waals surface area contributed by atoms with Gasteiger partial charge < -0.3 is 5.32 Å². The summed E-state index contributed by atoms with van der Waals surface area (Å²) in [5, 5.41) is 4.59. The van der Waals surface area contributed by atoms with Gasteiger partial charge in [-0.25, -0.2) is 4.98 Å². The molecule has 1 aromatic heterocycles. The molecule has 1 heterocycles. The molecule has 0 spiro atoms. The average molecular weight is 295 g/mol. The van der Waals surface area contributed by atoms with Crippen LogP contribution in [0.2, 0.25) is 4.34 Å². The summed E-state index contributed by atoms with van der Waals surface area (Å²) in [4.78, 5) is 4.26. The molecule has 0 aliphatic carbocycles. The highest BCUT2D eigenvalue weighted by molar-refractivity contribution is 7.15. The summed E-state index contributed by atoms with van der Waals surface area (Å²) in [6.45, 7) is 5.23. The van der Waals surface area contributed by atoms with E-state index in [0.29, 0.717) is 0 Å². The Morgan fingerprint density at radius 3 is 2.63 bits per heavy atom. The van der Waals surface area contributed by atoms with Gasteiger partial charge in [0.05, 0.1) is 6.20 Å². The summed E-state index contributed by atoms with van der Waals surface area (Å²) < 4.78 is 0.749. The van der Waals surface area contributed by atoms with E-state index >= 15 is 0 Å². The first-order chi connectivity index (χ1) is 9.05. The Bertz CT molecular complexity index is 508. The van der Waals surface area contributed by atoms with Crippen molar-refractivity contribution in [3.8, 4) is 0 Å². The number of hydrogen-bond donors (Lipinski definition) is 1. The second kappa shape index (κ2) is 6.51. The maximum absolute atomic E-state index is 5.88. The van der Waals surface area contributed by atoms with Crippen LogP contribution < -0.4 is 5.32 Å². The van der Waals surface area contributed by atoms with Gasteiger partial charge in [-0.2, -0.15) is 0 Å². The molecule has 2 nitrogen and oxygen atoms in total. The molecule has 0 aliphatic heterocycles. The van der Waals surface area contributed by atoms with Crippen molar-refractivity contribution in [3.05, 3.63) is 51.4 Å². The number of nitrogens with zero attached hydrogens (tertiary/aromatic N) is 1. The molecular formula is C15H19ClN2S. The van der Waals surface area contributed by atoms with E-state index in [0.717, 1.165) is 28.7 Å². The lowest BCUT2D eigenvalue weighted by Crippen LogP contribution is -2.39. The number of aromatic nitrogens is 1. The first-order valence-corrected chi connectivity index (χ1v) is 7.64. The van der Waals surface area contributed by atoms with Crippen LogP contribution in [0.1, 0.15) is 30.8 Å². The fraction of sp³-hybridized carbons (Fsp3) is 0.400. The second-order valence-corrected chi connectivity index (χ2v) is 7.03. The number of thiazole rings is 1. The Hall–Kier alpha value is -0.900. The lowest BCUT2D eigenvalue weighted by atomic mass is 9.95. The first-order valence-electron chi connectivity index (χ1n) is 6.44. The molecule has 0 amide bonds. The van der Waals surface area contributed by atoms with E-state index in [2.05, 4.69) is 54.5 Å². The normalized spacial score (nSPS) is 11.7. The molecule has 0 bridgehead atoms. The van der Waals surface area contributed by atoms with Crippen LogP contribution in [-0.2, 0) is 13.0 Å². The minimum atomic E-state index is 0.0913. The number of rotatable bonds is 6. The Balaban J connectivity index is 1.81. The van der Waals surface area contributed by atoms with Gasteiger partial charge >= 0.3 is 0 Å². The quantitative estimate of drug-likeness (QED) is 0.859. The summed E-state index contributed by atoms with van der Waals surface area (Å²) in [5.41, 5.74) is 1.48. The molecule has 0 radical (unpaired) electrons. The highest BCUT2D eigenvalue weighted by Gasteiger charge is 2.17. The number of halogens is 1. The highest BCUT2D eigenvalue weighted by Crippen LogP contribution is 2.20. The van der Waals surface area contributed by atoms with Gasteiger partial charge in [0.1, 0.15) is 9.34 Å². The number of hydrogen-bond acceptors (Lipinski definition) is 3. The standard InChI is InChI=1S/C15H19ClN2S/c1-15(2,9-8-12-6-4-3-5-7-12)18-11-14-17-10-13(16)19-14/h3-7,10,18H,8-9,11H2,1-2H3. The van der Waals surface area contributed by atoms with E-state index in [1.54, 1.807) is 6.20 Å². The van der Waals surface area contributed by atoms with Crippen molar-refractivity contribution in [1.29, 1.82) is 0 Å². The van der Waals surface area contributed by atoms with E-state index in [1.807, 2.05) is 0 Å². The van der Waals surface area contributed by atoms with Crippen LogP contribution in [0, 0.1) is 0 Å². The topological polar surface area (TPSA) is 24.9 Å². The zero-order valence-electron chi connectivity index (χ0n) is 11.3. The van der Waals surface area contributed by atoms with Crippen molar-refractivity contribution >= 4 is 22.9 Å². The van der Waals surface area contributed by atoms with Gasteiger partial charge in [0.15, 0.2) is 0 Å². The van der Waals surface area contributed by atoms with Gasteiger partial charge in [0, 0.05) is 12.1 Å². The molecule has 1 aromatic carbocycles. The van der Waals surface area contributed by atoms with E-state index in [1.165, 1.54) is 16.9 Å². The second-order valence-electron chi connectivity index (χ2n) is 5.28. The molecule has 102 valence electrons. The number of nitrogens with one attached hydrogen (secondary N) is 1. The zero-order valence-corrected chi connectivity index (χ0v) is 12.9. The van der Waals surface area contributed by atoms with Crippen LogP contribution in [0.3, 0.4) is 0 Å². The van der Waals surface area contributed by atoms with Gasteiger partial charge in [-0.05, 0) is 32.3 Å². The fourth-order valence-electron chi connectivity index (χ4n) is 1.87. The molecule has 1 N–H and O–H groups in total. The summed E-state index contributed by atoms with van der Waals surface area (Å²) in [7, 11) is 0. The van der Waals surface area contributed by atoms with Crippen LogP contribution in [0.15, 0.2) is 36.5 Å². The Morgan fingerprint density at radius 1 is 1.26 bits per heavy atom. The Kier molecular flexibility index (Phi) is 4.97. The predicted octanol–water partition coefficient (Wildman–Crippen LogP) is 4.30. The molecule has 0 aliphatic rings. The summed E-state index contributed by atoms with van der Waals surface area (Å²) >= 11 is 7.41. The Labute approximate surface area is 123 Å². The monoisotopic (exact) mass is 294 g/mol. The molecule has 0 saturated heterocycles. The molecule has 0 unspecified atom stereocenters. The maximum Gasteiger partial charge on any atom is 0.113 e. The molecule has 0 fully saturated rings. The van der Waals surface area contributed by atoms with Crippen LogP contribution in [0.5, 0.6) is 0 Å². The van der Waals surface area contributed by atoms with E-state index in [-0.39, 0.29) is 5.54 Å². The smallest absolute Gasteiger partial charge is 0.113 e. The minimum absolute atomic E-state index is 0.0913. The van der Waals surface area contributed by atoms with Crippen LogP contribution >= 0.6 is 22.9 Å².